The molecular formula is C27H29N5O. The Bertz CT molecular complexity index is 1160. The van der Waals surface area contributed by atoms with Crippen LogP contribution in [-0.4, -0.2) is 35.0 Å². The van der Waals surface area contributed by atoms with E-state index in [0.29, 0.717) is 24.3 Å². The summed E-state index contributed by atoms with van der Waals surface area (Å²) in [6.07, 6.45) is 7.68. The number of hydrogen-bond donors (Lipinski definition) is 1. The summed E-state index contributed by atoms with van der Waals surface area (Å²) in [6.45, 7) is 0.574. The van der Waals surface area contributed by atoms with Gasteiger partial charge in [0.1, 0.15) is 0 Å². The van der Waals surface area contributed by atoms with Gasteiger partial charge in [-0.1, -0.05) is 30.3 Å². The molecule has 1 N–H and O–H groups in total. The van der Waals surface area contributed by atoms with Crippen molar-refractivity contribution in [3.63, 3.8) is 0 Å². The summed E-state index contributed by atoms with van der Waals surface area (Å²) in [4.78, 5) is 28.5. The Morgan fingerprint density at radius 3 is 2.45 bits per heavy atom. The summed E-state index contributed by atoms with van der Waals surface area (Å²) in [6, 6.07) is 14.1. The molecule has 0 aliphatic heterocycles. The molecule has 0 radical (unpaired) electrons. The van der Waals surface area contributed by atoms with Gasteiger partial charge in [0, 0.05) is 50.1 Å². The molecule has 0 unspecified atom stereocenters. The molecule has 0 spiro atoms. The normalized spacial score (nSPS) is 26.7. The first-order valence-electron chi connectivity index (χ1n) is 11.9. The predicted molar refractivity (Wildman–Crippen MR) is 128 cm³/mol. The fraction of sp³-hybridized carbons (Fsp3) is 0.407. The molecule has 168 valence electrons. The number of hydrogen-bond acceptors (Lipinski definition) is 5. The molecule has 3 saturated carbocycles. The second-order valence-electron chi connectivity index (χ2n) is 9.97. The molecule has 3 aliphatic rings. The zero-order valence-electron chi connectivity index (χ0n) is 19.1. The molecule has 2 heterocycles. The molecule has 0 saturated heterocycles. The molecule has 6 rings (SSSR count). The maximum atomic E-state index is 12.8. The van der Waals surface area contributed by atoms with Crippen molar-refractivity contribution in [2.75, 3.05) is 19.0 Å². The van der Waals surface area contributed by atoms with Gasteiger partial charge >= 0.3 is 0 Å². The van der Waals surface area contributed by atoms with Crippen molar-refractivity contribution in [2.45, 2.75) is 25.8 Å². The number of fused-ring (bicyclic) bond motifs is 5. The summed E-state index contributed by atoms with van der Waals surface area (Å²) in [5.41, 5.74) is 4.70. The van der Waals surface area contributed by atoms with Crippen LogP contribution in [0, 0.1) is 29.6 Å². The Morgan fingerprint density at radius 2 is 1.79 bits per heavy atom. The molecule has 1 amide bonds. The van der Waals surface area contributed by atoms with Crippen LogP contribution in [0.3, 0.4) is 0 Å². The summed E-state index contributed by atoms with van der Waals surface area (Å²) in [5.74, 6) is 4.20. The Kier molecular flexibility index (Phi) is 4.89. The van der Waals surface area contributed by atoms with E-state index in [1.807, 2.05) is 43.4 Å². The number of nitrogens with one attached hydrogen (secondary N) is 1. The summed E-state index contributed by atoms with van der Waals surface area (Å²) < 4.78 is 0. The van der Waals surface area contributed by atoms with Gasteiger partial charge in [0.2, 0.25) is 11.9 Å². The van der Waals surface area contributed by atoms with Gasteiger partial charge in [0.05, 0.1) is 11.4 Å². The number of rotatable bonds is 6. The SMILES string of the molecule is CN(C)c1ncc(-c2ccccn2)c(-c2ccc(CNC(=O)C3[C@@H]4[C@H]5CC[C@@H](C5)[C@@H]34)cc2)n1. The predicted octanol–water partition coefficient (Wildman–Crippen LogP) is 4.18. The van der Waals surface area contributed by atoms with Crippen molar-refractivity contribution >= 4 is 11.9 Å². The highest BCUT2D eigenvalue weighted by Gasteiger charge is 2.67. The fourth-order valence-electron chi connectivity index (χ4n) is 6.28. The van der Waals surface area contributed by atoms with Crippen LogP contribution < -0.4 is 10.2 Å². The minimum absolute atomic E-state index is 0.259. The van der Waals surface area contributed by atoms with Crippen molar-refractivity contribution < 1.29 is 4.79 Å². The van der Waals surface area contributed by atoms with Crippen molar-refractivity contribution in [1.82, 2.24) is 20.3 Å². The van der Waals surface area contributed by atoms with Gasteiger partial charge in [-0.3, -0.25) is 9.78 Å². The molecule has 3 fully saturated rings. The van der Waals surface area contributed by atoms with Crippen LogP contribution in [0.1, 0.15) is 24.8 Å². The molecule has 33 heavy (non-hydrogen) atoms. The van der Waals surface area contributed by atoms with Crippen LogP contribution >= 0.6 is 0 Å². The lowest BCUT2D eigenvalue weighted by Crippen LogP contribution is -2.27. The third-order valence-electron chi connectivity index (χ3n) is 7.85. The van der Waals surface area contributed by atoms with E-state index in [1.54, 1.807) is 6.20 Å². The molecule has 6 heteroatoms. The minimum atomic E-state index is 0.259. The zero-order valence-corrected chi connectivity index (χ0v) is 19.1. The number of carbonyl (C=O) groups is 1. The van der Waals surface area contributed by atoms with Crippen LogP contribution in [0.5, 0.6) is 0 Å². The van der Waals surface area contributed by atoms with E-state index < -0.39 is 0 Å². The average molecular weight is 440 g/mol. The van der Waals surface area contributed by atoms with Crippen LogP contribution in [0.4, 0.5) is 5.95 Å². The van der Waals surface area contributed by atoms with Crippen LogP contribution in [-0.2, 0) is 11.3 Å². The number of benzene rings is 1. The lowest BCUT2D eigenvalue weighted by atomic mass is 10.0. The van der Waals surface area contributed by atoms with Gasteiger partial charge < -0.3 is 10.2 Å². The van der Waals surface area contributed by atoms with Crippen molar-refractivity contribution in [2.24, 2.45) is 29.6 Å². The van der Waals surface area contributed by atoms with E-state index in [4.69, 9.17) is 4.98 Å². The summed E-state index contributed by atoms with van der Waals surface area (Å²) in [5, 5.41) is 3.20. The summed E-state index contributed by atoms with van der Waals surface area (Å²) in [7, 11) is 3.87. The number of pyridine rings is 1. The zero-order chi connectivity index (χ0) is 22.5. The quantitative estimate of drug-likeness (QED) is 0.624. The van der Waals surface area contributed by atoms with Gasteiger partial charge in [-0.25, -0.2) is 9.97 Å². The first-order valence-corrected chi connectivity index (χ1v) is 11.9. The van der Waals surface area contributed by atoms with Gasteiger partial charge in [0.25, 0.3) is 0 Å². The van der Waals surface area contributed by atoms with Gasteiger partial charge in [-0.15, -0.1) is 0 Å². The van der Waals surface area contributed by atoms with Crippen molar-refractivity contribution in [3.8, 4) is 22.5 Å². The van der Waals surface area contributed by atoms with Gasteiger partial charge in [-0.2, -0.15) is 0 Å². The largest absolute Gasteiger partial charge is 0.352 e. The molecule has 4 atom stereocenters. The maximum absolute atomic E-state index is 12.8. The smallest absolute Gasteiger partial charge is 0.225 e. The third-order valence-corrected chi connectivity index (χ3v) is 7.85. The van der Waals surface area contributed by atoms with Crippen LogP contribution in [0.2, 0.25) is 0 Å². The van der Waals surface area contributed by atoms with Gasteiger partial charge in [0.15, 0.2) is 0 Å². The standard InChI is InChI=1S/C27H29N5O/c1-32(2)27-30-15-20(21-5-3-4-12-28-21)25(31-27)17-8-6-16(7-9-17)14-29-26(33)24-22-18-10-11-19(13-18)23(22)24/h3-9,12,15,18-19,22-24H,10-11,13-14H2,1-2H3,(H,29,33)/t18-,19-,22+,23+/m0/s1. The van der Waals surface area contributed by atoms with Crippen LogP contribution in [0.25, 0.3) is 22.5 Å². The third kappa shape index (κ3) is 3.58. The molecule has 3 aromatic rings. The lowest BCUT2D eigenvalue weighted by molar-refractivity contribution is -0.123. The van der Waals surface area contributed by atoms with E-state index in [1.165, 1.54) is 19.3 Å². The Morgan fingerprint density at radius 1 is 1.03 bits per heavy atom. The monoisotopic (exact) mass is 439 g/mol. The Hall–Kier alpha value is -3.28. The molecule has 6 nitrogen and oxygen atoms in total. The van der Waals surface area contributed by atoms with Gasteiger partial charge in [-0.05, 0) is 60.6 Å². The summed E-state index contributed by atoms with van der Waals surface area (Å²) >= 11 is 0. The first kappa shape index (κ1) is 20.3. The number of amides is 1. The molecule has 3 aliphatic carbocycles. The number of carbonyl (C=O) groups excluding carboxylic acids is 1. The second kappa shape index (κ2) is 7.94. The number of aromatic nitrogens is 3. The number of nitrogens with zero attached hydrogens (tertiary/aromatic N) is 4. The second-order valence-corrected chi connectivity index (χ2v) is 9.97. The lowest BCUT2D eigenvalue weighted by Gasteiger charge is -2.15. The average Bonchev–Trinajstić information content (AvgIpc) is 3.29. The van der Waals surface area contributed by atoms with E-state index in [2.05, 4.69) is 39.6 Å². The first-order chi connectivity index (χ1) is 16.1. The molecule has 2 aromatic heterocycles. The highest BCUT2D eigenvalue weighted by Crippen LogP contribution is 2.69. The molecular weight excluding hydrogens is 410 g/mol. The molecule has 2 bridgehead atoms. The van der Waals surface area contributed by atoms with E-state index in [0.717, 1.165) is 39.9 Å². The highest BCUT2D eigenvalue weighted by atomic mass is 16.2. The fourth-order valence-corrected chi connectivity index (χ4v) is 6.28. The Balaban J connectivity index is 1.19. The van der Waals surface area contributed by atoms with Crippen molar-refractivity contribution in [1.29, 1.82) is 0 Å². The van der Waals surface area contributed by atoms with E-state index >= 15 is 0 Å². The van der Waals surface area contributed by atoms with Crippen molar-refractivity contribution in [3.05, 3.63) is 60.4 Å². The van der Waals surface area contributed by atoms with E-state index in [-0.39, 0.29) is 11.8 Å². The topological polar surface area (TPSA) is 71.0 Å². The number of anilines is 1. The Labute approximate surface area is 194 Å². The maximum Gasteiger partial charge on any atom is 0.225 e. The highest BCUT2D eigenvalue weighted by molar-refractivity contribution is 5.83. The van der Waals surface area contributed by atoms with E-state index in [9.17, 15) is 4.79 Å². The minimum Gasteiger partial charge on any atom is -0.352 e. The van der Waals surface area contributed by atoms with Crippen LogP contribution in [0.15, 0.2) is 54.9 Å². The molecule has 1 aromatic carbocycles.